The molecule has 26 heavy (non-hydrogen) atoms. The van der Waals surface area contributed by atoms with Crippen molar-refractivity contribution in [3.05, 3.63) is 44.5 Å². The molecule has 0 aliphatic carbocycles. The van der Waals surface area contributed by atoms with Gasteiger partial charge in [0.2, 0.25) is 0 Å². The Labute approximate surface area is 149 Å². The molecule has 2 aromatic rings. The van der Waals surface area contributed by atoms with Crippen molar-refractivity contribution in [2.45, 2.75) is 39.3 Å². The Hall–Kier alpha value is -2.71. The molecule has 0 radical (unpaired) electrons. The third-order valence-corrected chi connectivity index (χ3v) is 5.34. The molecular weight excluding hydrogens is 336 g/mol. The van der Waals surface area contributed by atoms with Gasteiger partial charge in [0.15, 0.2) is 0 Å². The monoisotopic (exact) mass is 358 g/mol. The highest BCUT2D eigenvalue weighted by Crippen LogP contribution is 2.39. The van der Waals surface area contributed by atoms with Gasteiger partial charge in [0.25, 0.3) is 5.91 Å². The zero-order chi connectivity index (χ0) is 18.6. The Bertz CT molecular complexity index is 1000. The van der Waals surface area contributed by atoms with Crippen LogP contribution in [-0.2, 0) is 20.0 Å². The van der Waals surface area contributed by atoms with Crippen LogP contribution in [0.2, 0.25) is 0 Å². The number of likely N-dealkylation sites (tertiary alicyclic amines) is 1. The van der Waals surface area contributed by atoms with Gasteiger partial charge in [-0.25, -0.2) is 4.68 Å². The molecule has 2 aliphatic rings. The van der Waals surface area contributed by atoms with Crippen LogP contribution in [0.5, 0.6) is 0 Å². The van der Waals surface area contributed by atoms with Crippen LogP contribution in [0.3, 0.4) is 0 Å². The molecular formula is C17H22N6O3. The van der Waals surface area contributed by atoms with Crippen LogP contribution in [0.15, 0.2) is 21.9 Å². The van der Waals surface area contributed by atoms with Gasteiger partial charge >= 0.3 is 11.1 Å². The summed E-state index contributed by atoms with van der Waals surface area (Å²) in [5, 5.41) is 8.59. The van der Waals surface area contributed by atoms with E-state index in [1.165, 1.54) is 9.25 Å². The molecule has 1 amide bonds. The second-order valence-corrected chi connectivity index (χ2v) is 7.68. The fraction of sp³-hybridized carbons (Fsp3) is 0.588. The largest absolute Gasteiger partial charge is 0.337 e. The number of hydrogen-bond acceptors (Lipinski definition) is 5. The van der Waals surface area contributed by atoms with Crippen molar-refractivity contribution >= 4 is 5.91 Å². The average molecular weight is 358 g/mol. The Morgan fingerprint density at radius 1 is 1.19 bits per heavy atom. The van der Waals surface area contributed by atoms with E-state index in [9.17, 15) is 14.4 Å². The van der Waals surface area contributed by atoms with E-state index in [0.29, 0.717) is 37.6 Å². The van der Waals surface area contributed by atoms with Gasteiger partial charge in [-0.05, 0) is 26.3 Å². The molecule has 2 aromatic heterocycles. The van der Waals surface area contributed by atoms with Gasteiger partial charge in [0.05, 0.1) is 6.04 Å². The van der Waals surface area contributed by atoms with Crippen molar-refractivity contribution in [2.24, 2.45) is 12.5 Å². The van der Waals surface area contributed by atoms with E-state index in [2.05, 4.69) is 10.2 Å². The van der Waals surface area contributed by atoms with Crippen LogP contribution < -0.4 is 11.1 Å². The number of amides is 1. The summed E-state index contributed by atoms with van der Waals surface area (Å²) in [6, 6.07) is 1.54. The first-order valence-electron chi connectivity index (χ1n) is 8.81. The van der Waals surface area contributed by atoms with Crippen molar-refractivity contribution in [1.82, 2.24) is 29.0 Å². The lowest BCUT2D eigenvalue weighted by Gasteiger charge is -2.22. The quantitative estimate of drug-likeness (QED) is 0.694. The highest BCUT2D eigenvalue weighted by molar-refractivity contribution is 5.92. The number of aryl methyl sites for hydroxylation is 1. The summed E-state index contributed by atoms with van der Waals surface area (Å²) in [4.78, 5) is 39.1. The third-order valence-electron chi connectivity index (χ3n) is 5.34. The fourth-order valence-corrected chi connectivity index (χ4v) is 4.00. The summed E-state index contributed by atoms with van der Waals surface area (Å²) in [5.74, 6) is 0.538. The minimum Gasteiger partial charge on any atom is -0.337 e. The van der Waals surface area contributed by atoms with E-state index in [1.54, 1.807) is 28.9 Å². The Kier molecular flexibility index (Phi) is 3.64. The highest BCUT2D eigenvalue weighted by Gasteiger charge is 2.46. The van der Waals surface area contributed by atoms with Crippen molar-refractivity contribution in [1.29, 1.82) is 0 Å². The molecule has 2 aliphatic heterocycles. The number of nitrogens with zero attached hydrogens (tertiary/aromatic N) is 6. The lowest BCUT2D eigenvalue weighted by Crippen LogP contribution is -2.44. The molecule has 0 unspecified atom stereocenters. The lowest BCUT2D eigenvalue weighted by atomic mass is 9.86. The smallest absolute Gasteiger partial charge is 0.332 e. The summed E-state index contributed by atoms with van der Waals surface area (Å²) in [5.41, 5.74) is -0.906. The molecule has 0 aromatic carbocycles. The third kappa shape index (κ3) is 2.49. The summed E-state index contributed by atoms with van der Waals surface area (Å²) >= 11 is 0. The number of carbonyl (C=O) groups excluding carboxylic acids is 1. The van der Waals surface area contributed by atoms with E-state index in [4.69, 9.17) is 0 Å². The van der Waals surface area contributed by atoms with Gasteiger partial charge in [0, 0.05) is 44.7 Å². The molecule has 4 rings (SSSR count). The molecule has 9 heteroatoms. The van der Waals surface area contributed by atoms with Crippen LogP contribution in [0.1, 0.15) is 42.6 Å². The standard InChI is InChI=1S/C17H22N6O3/c1-11(2)23-16(26)15(25)22-10-17(8-13(22)19-23)5-7-21(9-17)14(24)12-4-6-20(3)18-12/h4,6,11H,5,7-10H2,1-3H3/t17-/m1/s1. The normalized spacial score (nSPS) is 21.8. The number of carbonyl (C=O) groups is 1. The van der Waals surface area contributed by atoms with Crippen molar-refractivity contribution in [3.8, 4) is 0 Å². The molecule has 1 fully saturated rings. The average Bonchev–Trinajstić information content (AvgIpc) is 3.29. The molecule has 4 heterocycles. The summed E-state index contributed by atoms with van der Waals surface area (Å²) < 4.78 is 4.36. The first-order chi connectivity index (χ1) is 12.3. The van der Waals surface area contributed by atoms with Gasteiger partial charge in [-0.3, -0.25) is 23.6 Å². The van der Waals surface area contributed by atoms with Crippen LogP contribution in [0.25, 0.3) is 0 Å². The number of hydrogen-bond donors (Lipinski definition) is 0. The maximum atomic E-state index is 12.6. The zero-order valence-electron chi connectivity index (χ0n) is 15.2. The molecule has 0 bridgehead atoms. The van der Waals surface area contributed by atoms with Gasteiger partial charge in [0.1, 0.15) is 11.5 Å². The molecule has 0 saturated carbocycles. The minimum atomic E-state index is -0.583. The molecule has 1 saturated heterocycles. The molecule has 0 N–H and O–H groups in total. The molecule has 1 atom stereocenters. The molecule has 138 valence electrons. The lowest BCUT2D eigenvalue weighted by molar-refractivity contribution is 0.0765. The Morgan fingerprint density at radius 3 is 2.62 bits per heavy atom. The van der Waals surface area contributed by atoms with E-state index in [0.717, 1.165) is 6.42 Å². The van der Waals surface area contributed by atoms with Crippen LogP contribution >= 0.6 is 0 Å². The SMILES string of the molecule is CC(C)n1nc2n(c(=O)c1=O)C[C@]1(CCN(C(=O)c3ccn(C)n3)C1)C2. The summed E-state index contributed by atoms with van der Waals surface area (Å²) in [6.45, 7) is 5.26. The summed E-state index contributed by atoms with van der Waals surface area (Å²) in [6.07, 6.45) is 3.12. The maximum absolute atomic E-state index is 12.6. The van der Waals surface area contributed by atoms with Gasteiger partial charge in [-0.1, -0.05) is 0 Å². The van der Waals surface area contributed by atoms with Gasteiger partial charge < -0.3 is 4.90 Å². The predicted octanol–water partition coefficient (Wildman–Crippen LogP) is -0.192. The van der Waals surface area contributed by atoms with Crippen molar-refractivity contribution < 1.29 is 4.79 Å². The number of aromatic nitrogens is 5. The van der Waals surface area contributed by atoms with Crippen molar-refractivity contribution in [3.63, 3.8) is 0 Å². The van der Waals surface area contributed by atoms with E-state index in [1.807, 2.05) is 13.8 Å². The van der Waals surface area contributed by atoms with Crippen LogP contribution in [-0.4, -0.2) is 48.0 Å². The number of rotatable bonds is 2. The second kappa shape index (κ2) is 5.65. The second-order valence-electron chi connectivity index (χ2n) is 7.68. The summed E-state index contributed by atoms with van der Waals surface area (Å²) in [7, 11) is 1.78. The van der Waals surface area contributed by atoms with Crippen LogP contribution in [0, 0.1) is 5.41 Å². The number of fused-ring (bicyclic) bond motifs is 1. The van der Waals surface area contributed by atoms with E-state index in [-0.39, 0.29) is 17.4 Å². The van der Waals surface area contributed by atoms with E-state index >= 15 is 0 Å². The minimum absolute atomic E-state index is 0.0968. The highest BCUT2D eigenvalue weighted by atomic mass is 16.2. The molecule has 9 nitrogen and oxygen atoms in total. The predicted molar refractivity (Wildman–Crippen MR) is 93.0 cm³/mol. The fourth-order valence-electron chi connectivity index (χ4n) is 4.00. The van der Waals surface area contributed by atoms with Gasteiger partial charge in [-0.15, -0.1) is 0 Å². The van der Waals surface area contributed by atoms with E-state index < -0.39 is 11.1 Å². The molecule has 1 spiro atoms. The Morgan fingerprint density at radius 2 is 1.96 bits per heavy atom. The maximum Gasteiger partial charge on any atom is 0.332 e. The van der Waals surface area contributed by atoms with Crippen molar-refractivity contribution in [2.75, 3.05) is 13.1 Å². The first-order valence-corrected chi connectivity index (χ1v) is 8.81. The zero-order valence-corrected chi connectivity index (χ0v) is 15.2. The topological polar surface area (TPSA) is 95.0 Å². The Balaban J connectivity index is 1.60. The first kappa shape index (κ1) is 16.7. The van der Waals surface area contributed by atoms with Gasteiger partial charge in [-0.2, -0.15) is 10.2 Å². The van der Waals surface area contributed by atoms with Crippen LogP contribution in [0.4, 0.5) is 0 Å².